The second kappa shape index (κ2) is 6.65. The highest BCUT2D eigenvalue weighted by Crippen LogP contribution is 2.19. The van der Waals surface area contributed by atoms with Gasteiger partial charge in [-0.05, 0) is 45.0 Å². The minimum atomic E-state index is 0.573. The van der Waals surface area contributed by atoms with Crippen LogP contribution in [-0.4, -0.2) is 30.6 Å². The number of benzene rings is 1. The van der Waals surface area contributed by atoms with Gasteiger partial charge in [-0.3, -0.25) is 4.90 Å². The number of anilines is 1. The first kappa shape index (κ1) is 14.0. The van der Waals surface area contributed by atoms with Crippen molar-refractivity contribution in [3.8, 4) is 0 Å². The molecular weight excluding hydrogens is 208 g/mol. The van der Waals surface area contributed by atoms with Crippen LogP contribution in [0.2, 0.25) is 0 Å². The summed E-state index contributed by atoms with van der Waals surface area (Å²) in [6.07, 6.45) is 0. The Morgan fingerprint density at radius 3 is 2.12 bits per heavy atom. The van der Waals surface area contributed by atoms with Gasteiger partial charge < -0.3 is 5.32 Å². The van der Waals surface area contributed by atoms with E-state index in [0.29, 0.717) is 6.04 Å². The van der Waals surface area contributed by atoms with Crippen molar-refractivity contribution >= 4 is 5.69 Å². The third-order valence-corrected chi connectivity index (χ3v) is 3.49. The third kappa shape index (κ3) is 3.74. The average molecular weight is 234 g/mol. The summed E-state index contributed by atoms with van der Waals surface area (Å²) in [7, 11) is 0. The quantitative estimate of drug-likeness (QED) is 0.811. The van der Waals surface area contributed by atoms with Gasteiger partial charge in [0.05, 0.1) is 0 Å². The molecule has 0 fully saturated rings. The predicted octanol–water partition coefficient (Wildman–Crippen LogP) is 3.45. The number of likely N-dealkylation sites (N-methyl/N-ethyl adjacent to an activating group) is 1. The average Bonchev–Trinajstić information content (AvgIpc) is 2.30. The smallest absolute Gasteiger partial charge is 0.0400 e. The largest absolute Gasteiger partial charge is 0.383 e. The van der Waals surface area contributed by atoms with Crippen LogP contribution in [-0.2, 0) is 0 Å². The highest BCUT2D eigenvalue weighted by Gasteiger charge is 2.10. The molecule has 0 amide bonds. The zero-order valence-corrected chi connectivity index (χ0v) is 11.9. The van der Waals surface area contributed by atoms with Gasteiger partial charge in [-0.2, -0.15) is 0 Å². The van der Waals surface area contributed by atoms with Crippen molar-refractivity contribution < 1.29 is 0 Å². The minimum absolute atomic E-state index is 0.573. The summed E-state index contributed by atoms with van der Waals surface area (Å²) in [5.41, 5.74) is 3.96. The van der Waals surface area contributed by atoms with Crippen LogP contribution in [0.15, 0.2) is 18.2 Å². The summed E-state index contributed by atoms with van der Waals surface area (Å²) in [6.45, 7) is 14.3. The number of aryl methyl sites for hydroxylation is 2. The molecule has 96 valence electrons. The lowest BCUT2D eigenvalue weighted by Crippen LogP contribution is -2.37. The van der Waals surface area contributed by atoms with E-state index >= 15 is 0 Å². The van der Waals surface area contributed by atoms with Gasteiger partial charge in [0.25, 0.3) is 0 Å². The van der Waals surface area contributed by atoms with Crippen LogP contribution in [0.3, 0.4) is 0 Å². The van der Waals surface area contributed by atoms with Gasteiger partial charge in [0.2, 0.25) is 0 Å². The fourth-order valence-corrected chi connectivity index (χ4v) is 2.32. The molecule has 0 saturated heterocycles. The zero-order valence-electron chi connectivity index (χ0n) is 11.9. The third-order valence-electron chi connectivity index (χ3n) is 3.49. The van der Waals surface area contributed by atoms with Crippen LogP contribution >= 0.6 is 0 Å². The summed E-state index contributed by atoms with van der Waals surface area (Å²) in [4.78, 5) is 2.47. The first-order valence-corrected chi connectivity index (χ1v) is 6.64. The summed E-state index contributed by atoms with van der Waals surface area (Å²) in [6, 6.07) is 7.02. The molecule has 0 aliphatic carbocycles. The lowest BCUT2D eigenvalue weighted by Gasteiger charge is -2.27. The highest BCUT2D eigenvalue weighted by atomic mass is 15.2. The Hall–Kier alpha value is -1.02. The second-order valence-electron chi connectivity index (χ2n) is 4.72. The Morgan fingerprint density at radius 1 is 1.12 bits per heavy atom. The van der Waals surface area contributed by atoms with Crippen molar-refractivity contribution in [3.05, 3.63) is 29.3 Å². The standard InChI is InChI=1S/C15H26N2/c1-6-17(7-2)14(5)11-16-15-12(3)9-8-10-13(15)4/h8-10,14,16H,6-7,11H2,1-5H3. The molecule has 1 aromatic carbocycles. The maximum atomic E-state index is 3.59. The predicted molar refractivity (Wildman–Crippen MR) is 76.8 cm³/mol. The molecule has 1 N–H and O–H groups in total. The second-order valence-corrected chi connectivity index (χ2v) is 4.72. The fourth-order valence-electron chi connectivity index (χ4n) is 2.32. The van der Waals surface area contributed by atoms with E-state index in [2.05, 4.69) is 63.0 Å². The van der Waals surface area contributed by atoms with Crippen LogP contribution in [0.5, 0.6) is 0 Å². The number of hydrogen-bond donors (Lipinski definition) is 1. The first-order chi connectivity index (χ1) is 8.10. The molecule has 0 heterocycles. The Morgan fingerprint density at radius 2 is 1.65 bits per heavy atom. The Bertz CT molecular complexity index is 323. The number of rotatable bonds is 6. The van der Waals surface area contributed by atoms with E-state index in [0.717, 1.165) is 19.6 Å². The van der Waals surface area contributed by atoms with Crippen molar-refractivity contribution in [2.45, 2.75) is 40.7 Å². The molecular formula is C15H26N2. The number of nitrogens with one attached hydrogen (secondary N) is 1. The molecule has 0 spiro atoms. The molecule has 17 heavy (non-hydrogen) atoms. The Kier molecular flexibility index (Phi) is 5.49. The summed E-state index contributed by atoms with van der Waals surface area (Å²) in [5, 5.41) is 3.59. The molecule has 1 unspecified atom stereocenters. The lowest BCUT2D eigenvalue weighted by atomic mass is 10.1. The lowest BCUT2D eigenvalue weighted by molar-refractivity contribution is 0.240. The number of nitrogens with zero attached hydrogens (tertiary/aromatic N) is 1. The van der Waals surface area contributed by atoms with Crippen molar-refractivity contribution in [1.82, 2.24) is 4.90 Å². The van der Waals surface area contributed by atoms with Crippen LogP contribution in [0.1, 0.15) is 31.9 Å². The highest BCUT2D eigenvalue weighted by molar-refractivity contribution is 5.56. The van der Waals surface area contributed by atoms with E-state index in [9.17, 15) is 0 Å². The van der Waals surface area contributed by atoms with E-state index in [-0.39, 0.29) is 0 Å². The monoisotopic (exact) mass is 234 g/mol. The Balaban J connectivity index is 2.61. The summed E-state index contributed by atoms with van der Waals surface area (Å²) in [5.74, 6) is 0. The fraction of sp³-hybridized carbons (Fsp3) is 0.600. The van der Waals surface area contributed by atoms with Crippen LogP contribution in [0, 0.1) is 13.8 Å². The van der Waals surface area contributed by atoms with Gasteiger partial charge in [0, 0.05) is 18.3 Å². The summed E-state index contributed by atoms with van der Waals surface area (Å²) < 4.78 is 0. The molecule has 0 radical (unpaired) electrons. The van der Waals surface area contributed by atoms with Gasteiger partial charge in [-0.25, -0.2) is 0 Å². The van der Waals surface area contributed by atoms with E-state index in [4.69, 9.17) is 0 Å². The van der Waals surface area contributed by atoms with Gasteiger partial charge in [0.15, 0.2) is 0 Å². The number of hydrogen-bond acceptors (Lipinski definition) is 2. The van der Waals surface area contributed by atoms with Crippen LogP contribution in [0.4, 0.5) is 5.69 Å². The van der Waals surface area contributed by atoms with Crippen LogP contribution < -0.4 is 5.32 Å². The first-order valence-electron chi connectivity index (χ1n) is 6.64. The van der Waals surface area contributed by atoms with Gasteiger partial charge in [-0.1, -0.05) is 32.0 Å². The maximum absolute atomic E-state index is 3.59. The van der Waals surface area contributed by atoms with Crippen molar-refractivity contribution in [1.29, 1.82) is 0 Å². The minimum Gasteiger partial charge on any atom is -0.383 e. The SMILES string of the molecule is CCN(CC)C(C)CNc1c(C)cccc1C. The van der Waals surface area contributed by atoms with Gasteiger partial charge in [0.1, 0.15) is 0 Å². The molecule has 1 rings (SSSR count). The Labute approximate surface area is 106 Å². The molecule has 2 heteroatoms. The van der Waals surface area contributed by atoms with Crippen molar-refractivity contribution in [2.24, 2.45) is 0 Å². The van der Waals surface area contributed by atoms with E-state index in [1.807, 2.05) is 0 Å². The van der Waals surface area contributed by atoms with Gasteiger partial charge >= 0.3 is 0 Å². The molecule has 0 aliphatic rings. The molecule has 2 nitrogen and oxygen atoms in total. The molecule has 1 atom stereocenters. The number of para-hydroxylation sites is 1. The maximum Gasteiger partial charge on any atom is 0.0400 e. The van der Waals surface area contributed by atoms with E-state index in [1.165, 1.54) is 16.8 Å². The zero-order chi connectivity index (χ0) is 12.8. The van der Waals surface area contributed by atoms with E-state index in [1.54, 1.807) is 0 Å². The summed E-state index contributed by atoms with van der Waals surface area (Å²) >= 11 is 0. The molecule has 0 aromatic heterocycles. The van der Waals surface area contributed by atoms with Crippen molar-refractivity contribution in [3.63, 3.8) is 0 Å². The molecule has 1 aromatic rings. The van der Waals surface area contributed by atoms with Crippen molar-refractivity contribution in [2.75, 3.05) is 25.0 Å². The molecule has 0 bridgehead atoms. The normalized spacial score (nSPS) is 12.8. The molecule has 0 aliphatic heterocycles. The van der Waals surface area contributed by atoms with E-state index < -0.39 is 0 Å². The van der Waals surface area contributed by atoms with Gasteiger partial charge in [-0.15, -0.1) is 0 Å². The topological polar surface area (TPSA) is 15.3 Å². The van der Waals surface area contributed by atoms with Crippen LogP contribution in [0.25, 0.3) is 0 Å². The molecule has 0 saturated carbocycles.